The standard InChI is InChI=1S/C58H41NOS/c1-35-30-50(36(2)58(59-57(35)40-25-24-37-14-6-7-17-39(37)31-40)41-26-27-48-47-20-11-13-23-54(47)61-55(48)34-41)51-32-42(33-53-56(51)49-21-10-12-22-52(49)60-53)44-29-28-43(38-15-4-3-5-16-38)45-18-8-9-19-46(44)45/h3-29,31-34,57-59H,1,30H2,2H3. The summed E-state index contributed by atoms with van der Waals surface area (Å²) in [7, 11) is 0. The Bertz CT molecular complexity index is 3590. The molecule has 3 heteroatoms. The van der Waals surface area contributed by atoms with Crippen molar-refractivity contribution in [3.63, 3.8) is 0 Å². The first-order valence-electron chi connectivity index (χ1n) is 21.1. The molecule has 11 aromatic rings. The van der Waals surface area contributed by atoms with Gasteiger partial charge in [0.25, 0.3) is 0 Å². The second-order valence-electron chi connectivity index (χ2n) is 16.6. The summed E-state index contributed by atoms with van der Waals surface area (Å²) in [5.74, 6) is 0. The first-order valence-corrected chi connectivity index (χ1v) is 21.9. The lowest BCUT2D eigenvalue weighted by atomic mass is 9.85. The molecule has 0 saturated carbocycles. The van der Waals surface area contributed by atoms with Crippen molar-refractivity contribution < 1.29 is 4.42 Å². The van der Waals surface area contributed by atoms with E-state index < -0.39 is 0 Å². The van der Waals surface area contributed by atoms with E-state index in [-0.39, 0.29) is 12.1 Å². The third kappa shape index (κ3) is 5.96. The number of nitrogens with one attached hydrogen (secondary N) is 1. The van der Waals surface area contributed by atoms with E-state index >= 15 is 0 Å². The lowest BCUT2D eigenvalue weighted by Gasteiger charge is -2.26. The van der Waals surface area contributed by atoms with Crippen LogP contribution in [0.1, 0.15) is 42.1 Å². The van der Waals surface area contributed by atoms with Gasteiger partial charge in [0.15, 0.2) is 0 Å². The van der Waals surface area contributed by atoms with Crippen LogP contribution >= 0.6 is 11.3 Å². The smallest absolute Gasteiger partial charge is 0.136 e. The Morgan fingerprint density at radius 1 is 0.492 bits per heavy atom. The number of fused-ring (bicyclic) bond motifs is 8. The highest BCUT2D eigenvalue weighted by Gasteiger charge is 2.31. The highest BCUT2D eigenvalue weighted by molar-refractivity contribution is 7.25. The molecule has 0 radical (unpaired) electrons. The molecule has 1 N–H and O–H groups in total. The molecule has 0 amide bonds. The van der Waals surface area contributed by atoms with Crippen molar-refractivity contribution in [1.82, 2.24) is 5.32 Å². The summed E-state index contributed by atoms with van der Waals surface area (Å²) in [6, 6.07) is 68.5. The highest BCUT2D eigenvalue weighted by Crippen LogP contribution is 2.48. The molecule has 1 aliphatic rings. The first kappa shape index (κ1) is 35.9. The molecule has 0 bridgehead atoms. The predicted molar refractivity (Wildman–Crippen MR) is 260 cm³/mol. The van der Waals surface area contributed by atoms with Crippen molar-refractivity contribution >= 4 is 80.6 Å². The third-order valence-corrected chi connectivity index (χ3v) is 14.2. The Morgan fingerprint density at radius 3 is 1.95 bits per heavy atom. The normalized spacial score (nSPS) is 16.1. The molecule has 9 aromatic carbocycles. The predicted octanol–water partition coefficient (Wildman–Crippen LogP) is 16.4. The minimum Gasteiger partial charge on any atom is -0.456 e. The highest BCUT2D eigenvalue weighted by atomic mass is 32.1. The van der Waals surface area contributed by atoms with E-state index in [9.17, 15) is 0 Å². The second kappa shape index (κ2) is 14.3. The Balaban J connectivity index is 1.09. The van der Waals surface area contributed by atoms with Crippen LogP contribution in [0.4, 0.5) is 0 Å². The third-order valence-electron chi connectivity index (χ3n) is 13.0. The molecule has 3 heterocycles. The molecule has 0 fully saturated rings. The quantitative estimate of drug-likeness (QED) is 0.175. The molecule has 61 heavy (non-hydrogen) atoms. The number of rotatable bonds is 5. The summed E-state index contributed by atoms with van der Waals surface area (Å²) < 4.78 is 9.42. The van der Waals surface area contributed by atoms with Crippen LogP contribution in [0.5, 0.6) is 0 Å². The molecule has 2 atom stereocenters. The Kier molecular flexibility index (Phi) is 8.41. The van der Waals surface area contributed by atoms with E-state index in [1.165, 1.54) is 86.2 Å². The average molecular weight is 800 g/mol. The van der Waals surface area contributed by atoms with Crippen LogP contribution in [-0.2, 0) is 0 Å². The lowest BCUT2D eigenvalue weighted by molar-refractivity contribution is 0.535. The fourth-order valence-electron chi connectivity index (χ4n) is 10.0. The molecule has 2 unspecified atom stereocenters. The summed E-state index contributed by atoms with van der Waals surface area (Å²) in [5, 5.41) is 14.0. The second-order valence-corrected chi connectivity index (χ2v) is 17.6. The van der Waals surface area contributed by atoms with Gasteiger partial charge in [0.2, 0.25) is 0 Å². The van der Waals surface area contributed by atoms with E-state index in [0.717, 1.165) is 33.1 Å². The van der Waals surface area contributed by atoms with Crippen molar-refractivity contribution in [1.29, 1.82) is 0 Å². The van der Waals surface area contributed by atoms with Gasteiger partial charge in [-0.25, -0.2) is 0 Å². The topological polar surface area (TPSA) is 25.2 Å². The van der Waals surface area contributed by atoms with Gasteiger partial charge >= 0.3 is 0 Å². The fraction of sp³-hybridized carbons (Fsp3) is 0.0690. The van der Waals surface area contributed by atoms with Gasteiger partial charge in [-0.3, -0.25) is 5.32 Å². The molecular weight excluding hydrogens is 759 g/mol. The van der Waals surface area contributed by atoms with Crippen LogP contribution in [0.15, 0.2) is 210 Å². The minimum atomic E-state index is -0.0804. The number of allylic oxidation sites excluding steroid dienone is 1. The maximum atomic E-state index is 6.81. The molecule has 1 aliphatic heterocycles. The van der Waals surface area contributed by atoms with Crippen LogP contribution in [0.2, 0.25) is 0 Å². The van der Waals surface area contributed by atoms with E-state index in [1.807, 2.05) is 11.3 Å². The summed E-state index contributed by atoms with van der Waals surface area (Å²) in [5.41, 5.74) is 13.9. The largest absolute Gasteiger partial charge is 0.456 e. The summed E-state index contributed by atoms with van der Waals surface area (Å²) >= 11 is 1.87. The van der Waals surface area contributed by atoms with E-state index in [1.54, 1.807) is 0 Å². The van der Waals surface area contributed by atoms with Gasteiger partial charge in [0.1, 0.15) is 11.2 Å². The van der Waals surface area contributed by atoms with Gasteiger partial charge in [-0.15, -0.1) is 11.3 Å². The van der Waals surface area contributed by atoms with Crippen molar-refractivity contribution in [2.75, 3.05) is 0 Å². The Labute approximate surface area is 358 Å². The van der Waals surface area contributed by atoms with E-state index in [2.05, 4.69) is 200 Å². The molecule has 2 nitrogen and oxygen atoms in total. The molecule has 2 aromatic heterocycles. The van der Waals surface area contributed by atoms with Gasteiger partial charge in [0.05, 0.1) is 12.1 Å². The van der Waals surface area contributed by atoms with Crippen molar-refractivity contribution in [3.05, 3.63) is 222 Å². The zero-order valence-electron chi connectivity index (χ0n) is 33.8. The van der Waals surface area contributed by atoms with Gasteiger partial charge in [-0.1, -0.05) is 164 Å². The molecular formula is C58H41NOS. The Morgan fingerprint density at radius 2 is 1.13 bits per heavy atom. The monoisotopic (exact) mass is 799 g/mol. The maximum absolute atomic E-state index is 6.81. The number of para-hydroxylation sites is 1. The Hall–Kier alpha value is -7.04. The van der Waals surface area contributed by atoms with Crippen LogP contribution in [0.25, 0.3) is 91.5 Å². The lowest BCUT2D eigenvalue weighted by Crippen LogP contribution is -2.27. The van der Waals surface area contributed by atoms with Gasteiger partial charge in [-0.2, -0.15) is 0 Å². The summed E-state index contributed by atoms with van der Waals surface area (Å²) in [6.45, 7) is 7.24. The van der Waals surface area contributed by atoms with Crippen molar-refractivity contribution in [3.8, 4) is 22.3 Å². The van der Waals surface area contributed by atoms with Gasteiger partial charge < -0.3 is 4.42 Å². The number of thiophene rings is 1. The molecule has 12 rings (SSSR count). The molecule has 0 aliphatic carbocycles. The first-order chi connectivity index (χ1) is 30.1. The van der Waals surface area contributed by atoms with E-state index in [4.69, 9.17) is 11.0 Å². The number of benzene rings is 9. The number of hydrogen-bond acceptors (Lipinski definition) is 3. The number of furan rings is 1. The zero-order chi connectivity index (χ0) is 40.6. The van der Waals surface area contributed by atoms with Gasteiger partial charge in [-0.05, 0) is 121 Å². The maximum Gasteiger partial charge on any atom is 0.136 e. The SMILES string of the molecule is C=C1CC(c2cc(-c3ccc(-c4ccccc4)c4ccccc34)cc3oc4ccccc4c23)=C(C)C(c2ccc3c(c2)sc2ccccc23)NC1c1ccc2ccccc2c1. The van der Waals surface area contributed by atoms with E-state index in [0.29, 0.717) is 6.42 Å². The van der Waals surface area contributed by atoms with Crippen molar-refractivity contribution in [2.45, 2.75) is 25.4 Å². The van der Waals surface area contributed by atoms with Crippen LogP contribution in [0, 0.1) is 0 Å². The van der Waals surface area contributed by atoms with Crippen molar-refractivity contribution in [2.24, 2.45) is 0 Å². The number of hydrogen-bond donors (Lipinski definition) is 1. The molecule has 0 spiro atoms. The van der Waals surface area contributed by atoms with Gasteiger partial charge in [0, 0.05) is 30.9 Å². The van der Waals surface area contributed by atoms with Crippen LogP contribution < -0.4 is 5.32 Å². The molecule has 290 valence electrons. The fourth-order valence-corrected chi connectivity index (χ4v) is 11.2. The van der Waals surface area contributed by atoms with Crippen LogP contribution in [0.3, 0.4) is 0 Å². The zero-order valence-corrected chi connectivity index (χ0v) is 34.6. The van der Waals surface area contributed by atoms with Crippen LogP contribution in [-0.4, -0.2) is 0 Å². The molecule has 0 saturated heterocycles. The average Bonchev–Trinajstić information content (AvgIpc) is 3.84. The summed E-state index contributed by atoms with van der Waals surface area (Å²) in [4.78, 5) is 0. The minimum absolute atomic E-state index is 0.0746. The summed E-state index contributed by atoms with van der Waals surface area (Å²) in [6.07, 6.45) is 0.712.